The molecule has 192 valence electrons. The highest BCUT2D eigenvalue weighted by Crippen LogP contribution is 2.20. The van der Waals surface area contributed by atoms with E-state index in [9.17, 15) is 26.8 Å². The highest BCUT2D eigenvalue weighted by atomic mass is 32.2. The molecule has 0 saturated carbocycles. The molecule has 0 saturated heterocycles. The number of carbonyl (C=O) groups is 2. The largest absolute Gasteiger partial charge is 0.354 e. The number of amides is 2. The van der Waals surface area contributed by atoms with Crippen LogP contribution in [0.25, 0.3) is 0 Å². The van der Waals surface area contributed by atoms with Crippen LogP contribution in [0.2, 0.25) is 0 Å². The second-order valence-corrected chi connectivity index (χ2v) is 10.7. The SMILES string of the molecule is CC(C)CNC(=O)C(C)N(Cc1ccccc1F)C(=O)CCCN(c1ccc(F)cc1)S(C)(=O)=O. The Morgan fingerprint density at radius 3 is 2.20 bits per heavy atom. The first-order valence-electron chi connectivity index (χ1n) is 11.4. The lowest BCUT2D eigenvalue weighted by atomic mass is 10.1. The number of sulfonamides is 1. The van der Waals surface area contributed by atoms with Crippen molar-refractivity contribution in [2.75, 3.05) is 23.7 Å². The number of carbonyl (C=O) groups excluding carboxylic acids is 2. The maximum atomic E-state index is 14.3. The Hall–Kier alpha value is -3.01. The fourth-order valence-corrected chi connectivity index (χ4v) is 4.42. The molecule has 0 aliphatic rings. The number of hydrogen-bond acceptors (Lipinski definition) is 4. The lowest BCUT2D eigenvalue weighted by Crippen LogP contribution is -2.48. The van der Waals surface area contributed by atoms with E-state index in [0.717, 1.165) is 22.7 Å². The fraction of sp³-hybridized carbons (Fsp3) is 0.440. The van der Waals surface area contributed by atoms with Crippen LogP contribution in [0.3, 0.4) is 0 Å². The van der Waals surface area contributed by atoms with Gasteiger partial charge in [-0.1, -0.05) is 32.0 Å². The molecule has 0 heterocycles. The third kappa shape index (κ3) is 8.61. The van der Waals surface area contributed by atoms with Crippen LogP contribution in [-0.4, -0.2) is 50.5 Å². The van der Waals surface area contributed by atoms with Crippen LogP contribution in [0, 0.1) is 17.6 Å². The number of nitrogens with one attached hydrogen (secondary N) is 1. The Labute approximate surface area is 206 Å². The topological polar surface area (TPSA) is 86.8 Å². The van der Waals surface area contributed by atoms with Gasteiger partial charge in [-0.2, -0.15) is 0 Å². The van der Waals surface area contributed by atoms with E-state index in [1.165, 1.54) is 23.1 Å². The first-order valence-corrected chi connectivity index (χ1v) is 13.3. The van der Waals surface area contributed by atoms with Gasteiger partial charge in [-0.15, -0.1) is 0 Å². The summed E-state index contributed by atoms with van der Waals surface area (Å²) in [6, 6.07) is 10.2. The molecule has 1 atom stereocenters. The number of halogens is 2. The van der Waals surface area contributed by atoms with E-state index >= 15 is 0 Å². The third-order valence-corrected chi connectivity index (χ3v) is 6.61. The first-order chi connectivity index (χ1) is 16.4. The number of nitrogens with zero attached hydrogens (tertiary/aromatic N) is 2. The predicted octanol–water partition coefficient (Wildman–Crippen LogP) is 3.70. The third-order valence-electron chi connectivity index (χ3n) is 5.42. The van der Waals surface area contributed by atoms with Crippen LogP contribution in [-0.2, 0) is 26.2 Å². The van der Waals surface area contributed by atoms with E-state index in [-0.39, 0.29) is 49.0 Å². The number of hydrogen-bond donors (Lipinski definition) is 1. The fourth-order valence-electron chi connectivity index (χ4n) is 3.46. The van der Waals surface area contributed by atoms with Crippen LogP contribution in [0.15, 0.2) is 48.5 Å². The quantitative estimate of drug-likeness (QED) is 0.473. The molecule has 0 bridgehead atoms. The summed E-state index contributed by atoms with van der Waals surface area (Å²) in [4.78, 5) is 27.1. The van der Waals surface area contributed by atoms with E-state index < -0.39 is 33.6 Å². The van der Waals surface area contributed by atoms with Crippen LogP contribution < -0.4 is 9.62 Å². The molecule has 2 rings (SSSR count). The molecular weight excluding hydrogens is 476 g/mol. The zero-order valence-electron chi connectivity index (χ0n) is 20.5. The summed E-state index contributed by atoms with van der Waals surface area (Å²) in [5, 5.41) is 2.79. The minimum absolute atomic E-state index is 0.0162. The van der Waals surface area contributed by atoms with Gasteiger partial charge in [0.1, 0.15) is 17.7 Å². The van der Waals surface area contributed by atoms with Crippen molar-refractivity contribution < 1.29 is 26.8 Å². The summed E-state index contributed by atoms with van der Waals surface area (Å²) in [7, 11) is -3.68. The van der Waals surface area contributed by atoms with Gasteiger partial charge in [0.25, 0.3) is 0 Å². The van der Waals surface area contributed by atoms with Gasteiger partial charge in [0.2, 0.25) is 21.8 Å². The summed E-state index contributed by atoms with van der Waals surface area (Å²) in [5.74, 6) is -1.53. The zero-order chi connectivity index (χ0) is 26.2. The Balaban J connectivity index is 2.16. The minimum atomic E-state index is -3.68. The van der Waals surface area contributed by atoms with Gasteiger partial charge >= 0.3 is 0 Å². The summed E-state index contributed by atoms with van der Waals surface area (Å²) in [5.41, 5.74) is 0.555. The van der Waals surface area contributed by atoms with E-state index in [0.29, 0.717) is 6.54 Å². The average Bonchev–Trinajstić information content (AvgIpc) is 2.79. The molecule has 2 aromatic carbocycles. The smallest absolute Gasteiger partial charge is 0.242 e. The predicted molar refractivity (Wildman–Crippen MR) is 132 cm³/mol. The summed E-state index contributed by atoms with van der Waals surface area (Å²) >= 11 is 0. The standard InChI is InChI=1S/C25H33F2N3O4S/c1-18(2)16-28-25(32)19(3)29(17-20-8-5-6-9-23(20)27)24(31)10-7-15-30(35(4,33)34)22-13-11-21(26)12-14-22/h5-6,8-9,11-14,18-19H,7,10,15-17H2,1-4H3,(H,28,32). The molecule has 1 unspecified atom stereocenters. The van der Waals surface area contributed by atoms with Crippen LogP contribution in [0.4, 0.5) is 14.5 Å². The van der Waals surface area contributed by atoms with Crippen LogP contribution in [0.1, 0.15) is 39.2 Å². The summed E-state index contributed by atoms with van der Waals surface area (Å²) < 4.78 is 53.2. The Morgan fingerprint density at radius 2 is 1.63 bits per heavy atom. The van der Waals surface area contributed by atoms with Crippen molar-refractivity contribution in [1.82, 2.24) is 10.2 Å². The van der Waals surface area contributed by atoms with Crippen molar-refractivity contribution in [2.24, 2.45) is 5.92 Å². The van der Waals surface area contributed by atoms with Gasteiger partial charge < -0.3 is 10.2 Å². The second-order valence-electron chi connectivity index (χ2n) is 8.84. The summed E-state index contributed by atoms with van der Waals surface area (Å²) in [6.45, 7) is 5.79. The van der Waals surface area contributed by atoms with Crippen molar-refractivity contribution in [3.05, 3.63) is 65.7 Å². The first kappa shape index (κ1) is 28.2. The Morgan fingerprint density at radius 1 is 1.00 bits per heavy atom. The van der Waals surface area contributed by atoms with Crippen molar-refractivity contribution >= 4 is 27.5 Å². The molecule has 35 heavy (non-hydrogen) atoms. The molecule has 0 fully saturated rings. The number of anilines is 1. The highest BCUT2D eigenvalue weighted by molar-refractivity contribution is 7.92. The van der Waals surface area contributed by atoms with Gasteiger partial charge in [0, 0.05) is 31.6 Å². The molecule has 10 heteroatoms. The van der Waals surface area contributed by atoms with Crippen LogP contribution >= 0.6 is 0 Å². The van der Waals surface area contributed by atoms with Crippen molar-refractivity contribution in [3.8, 4) is 0 Å². The van der Waals surface area contributed by atoms with Gasteiger partial charge in [0.05, 0.1) is 11.9 Å². The summed E-state index contributed by atoms with van der Waals surface area (Å²) in [6.07, 6.45) is 1.12. The van der Waals surface area contributed by atoms with Crippen molar-refractivity contribution in [3.63, 3.8) is 0 Å². The van der Waals surface area contributed by atoms with E-state index in [2.05, 4.69) is 5.32 Å². The Bertz CT molecular complexity index is 1110. The van der Waals surface area contributed by atoms with Gasteiger partial charge in [-0.3, -0.25) is 13.9 Å². The van der Waals surface area contributed by atoms with Crippen LogP contribution in [0.5, 0.6) is 0 Å². The number of benzene rings is 2. The van der Waals surface area contributed by atoms with E-state index in [4.69, 9.17) is 0 Å². The van der Waals surface area contributed by atoms with E-state index in [1.54, 1.807) is 25.1 Å². The van der Waals surface area contributed by atoms with Crippen molar-refractivity contribution in [1.29, 1.82) is 0 Å². The monoisotopic (exact) mass is 509 g/mol. The van der Waals surface area contributed by atoms with E-state index in [1.807, 2.05) is 13.8 Å². The molecule has 2 aromatic rings. The molecule has 0 aromatic heterocycles. The van der Waals surface area contributed by atoms with Gasteiger partial charge in [-0.25, -0.2) is 17.2 Å². The molecule has 0 aliphatic carbocycles. The maximum Gasteiger partial charge on any atom is 0.242 e. The molecule has 2 amide bonds. The minimum Gasteiger partial charge on any atom is -0.354 e. The van der Waals surface area contributed by atoms with Gasteiger partial charge in [0.15, 0.2) is 0 Å². The maximum absolute atomic E-state index is 14.3. The zero-order valence-corrected chi connectivity index (χ0v) is 21.3. The molecular formula is C25H33F2N3O4S. The molecule has 7 nitrogen and oxygen atoms in total. The lowest BCUT2D eigenvalue weighted by molar-refractivity contribution is -0.140. The normalized spacial score (nSPS) is 12.3. The molecule has 0 radical (unpaired) electrons. The molecule has 0 aliphatic heterocycles. The lowest BCUT2D eigenvalue weighted by Gasteiger charge is -2.29. The number of rotatable bonds is 12. The second kappa shape index (κ2) is 12.6. The molecule has 1 N–H and O–H groups in total. The molecule has 0 spiro atoms. The highest BCUT2D eigenvalue weighted by Gasteiger charge is 2.27. The van der Waals surface area contributed by atoms with Crippen molar-refractivity contribution in [2.45, 2.75) is 46.2 Å². The average molecular weight is 510 g/mol. The van der Waals surface area contributed by atoms with Gasteiger partial charge in [-0.05, 0) is 49.6 Å². The Kier molecular flexibility index (Phi) is 10.2.